The molecule has 0 aromatic heterocycles. The molecule has 0 aliphatic heterocycles. The van der Waals surface area contributed by atoms with Gasteiger partial charge in [-0.05, 0) is 40.5 Å². The van der Waals surface area contributed by atoms with E-state index in [1.807, 2.05) is 66.7 Å². The minimum atomic E-state index is 0.734. The maximum absolute atomic E-state index is 11.2. The molecule has 0 radical (unpaired) electrons. The number of benzene rings is 2. The quantitative estimate of drug-likeness (QED) is 0.767. The Morgan fingerprint density at radius 1 is 0.909 bits per heavy atom. The van der Waals surface area contributed by atoms with Crippen molar-refractivity contribution in [2.75, 3.05) is 7.11 Å². The van der Waals surface area contributed by atoms with E-state index < -0.39 is 0 Å². The van der Waals surface area contributed by atoms with E-state index in [0.717, 1.165) is 39.9 Å². The van der Waals surface area contributed by atoms with Crippen molar-refractivity contribution in [2.45, 2.75) is 0 Å². The van der Waals surface area contributed by atoms with Crippen LogP contribution in [0.25, 0.3) is 11.6 Å². The highest BCUT2D eigenvalue weighted by atomic mass is 16.5. The van der Waals surface area contributed by atoms with Crippen LogP contribution in [0.15, 0.2) is 77.9 Å². The van der Waals surface area contributed by atoms with Crippen LogP contribution in [0, 0.1) is 0 Å². The molecule has 0 spiro atoms. The van der Waals surface area contributed by atoms with Crippen LogP contribution >= 0.6 is 0 Å². The van der Waals surface area contributed by atoms with Crippen molar-refractivity contribution in [2.24, 2.45) is 0 Å². The van der Waals surface area contributed by atoms with Crippen molar-refractivity contribution >= 4 is 17.9 Å². The SMILES string of the molecule is COc1ccc(C2=C(/C=C/c3ccccc3)C=C2C=O)cc1. The van der Waals surface area contributed by atoms with Gasteiger partial charge in [-0.1, -0.05) is 54.6 Å². The molecule has 108 valence electrons. The smallest absolute Gasteiger partial charge is 0.150 e. The van der Waals surface area contributed by atoms with Gasteiger partial charge in [-0.2, -0.15) is 0 Å². The summed E-state index contributed by atoms with van der Waals surface area (Å²) in [4.78, 5) is 11.2. The maximum Gasteiger partial charge on any atom is 0.150 e. The topological polar surface area (TPSA) is 26.3 Å². The zero-order chi connectivity index (χ0) is 15.4. The molecule has 0 atom stereocenters. The second-order valence-electron chi connectivity index (χ2n) is 5.02. The van der Waals surface area contributed by atoms with Gasteiger partial charge in [-0.15, -0.1) is 0 Å². The highest BCUT2D eigenvalue weighted by Gasteiger charge is 2.19. The molecule has 0 fully saturated rings. The van der Waals surface area contributed by atoms with Crippen LogP contribution in [-0.2, 0) is 4.79 Å². The Bertz CT molecular complexity index is 763. The lowest BCUT2D eigenvalue weighted by Gasteiger charge is -2.19. The Morgan fingerprint density at radius 3 is 2.27 bits per heavy atom. The fourth-order valence-corrected chi connectivity index (χ4v) is 2.47. The van der Waals surface area contributed by atoms with Crippen LogP contribution in [0.1, 0.15) is 11.1 Å². The van der Waals surface area contributed by atoms with Gasteiger partial charge in [0.15, 0.2) is 6.29 Å². The third-order valence-corrected chi connectivity index (χ3v) is 3.65. The van der Waals surface area contributed by atoms with Crippen molar-refractivity contribution in [3.05, 3.63) is 89.0 Å². The third-order valence-electron chi connectivity index (χ3n) is 3.65. The minimum absolute atomic E-state index is 0.734. The molecule has 1 aliphatic rings. The average molecular weight is 288 g/mol. The molecular formula is C20H16O2. The first kappa shape index (κ1) is 14.1. The van der Waals surface area contributed by atoms with Gasteiger partial charge in [0.1, 0.15) is 5.75 Å². The fourth-order valence-electron chi connectivity index (χ4n) is 2.47. The lowest BCUT2D eigenvalue weighted by molar-refractivity contribution is -0.104. The number of hydrogen-bond donors (Lipinski definition) is 0. The van der Waals surface area contributed by atoms with Gasteiger partial charge < -0.3 is 4.74 Å². The first-order valence-electron chi connectivity index (χ1n) is 7.11. The predicted molar refractivity (Wildman–Crippen MR) is 89.5 cm³/mol. The summed E-state index contributed by atoms with van der Waals surface area (Å²) in [6.45, 7) is 0. The Labute approximate surface area is 130 Å². The molecule has 2 heteroatoms. The number of carbonyl (C=O) groups excluding carboxylic acids is 1. The van der Waals surface area contributed by atoms with Crippen LogP contribution in [0.2, 0.25) is 0 Å². The standard InChI is InChI=1S/C20H16O2/c1-22-19-11-9-16(10-12-19)20-17(13-18(20)14-21)8-7-15-5-3-2-4-6-15/h2-14H,1H3/b8-7+. The Balaban J connectivity index is 1.90. The second kappa shape index (κ2) is 6.27. The number of aldehydes is 1. The number of rotatable bonds is 5. The molecule has 2 nitrogen and oxygen atoms in total. The number of methoxy groups -OCH3 is 1. The molecule has 22 heavy (non-hydrogen) atoms. The highest BCUT2D eigenvalue weighted by Crippen LogP contribution is 2.36. The van der Waals surface area contributed by atoms with Gasteiger partial charge >= 0.3 is 0 Å². The van der Waals surface area contributed by atoms with Crippen LogP contribution in [0.5, 0.6) is 5.75 Å². The Hall–Kier alpha value is -2.87. The molecule has 0 saturated carbocycles. The zero-order valence-electron chi connectivity index (χ0n) is 12.3. The van der Waals surface area contributed by atoms with Crippen molar-refractivity contribution < 1.29 is 9.53 Å². The summed E-state index contributed by atoms with van der Waals surface area (Å²) in [5.74, 6) is 0.807. The molecule has 0 saturated heterocycles. The summed E-state index contributed by atoms with van der Waals surface area (Å²) in [7, 11) is 1.64. The summed E-state index contributed by atoms with van der Waals surface area (Å²) in [5, 5.41) is 0. The molecule has 3 rings (SSSR count). The molecule has 2 aromatic rings. The number of ether oxygens (including phenoxy) is 1. The van der Waals surface area contributed by atoms with Gasteiger partial charge in [0.05, 0.1) is 7.11 Å². The Kier molecular flexibility index (Phi) is 4.01. The lowest BCUT2D eigenvalue weighted by Crippen LogP contribution is -2.04. The highest BCUT2D eigenvalue weighted by molar-refractivity contribution is 6.07. The van der Waals surface area contributed by atoms with E-state index in [4.69, 9.17) is 4.74 Å². The summed E-state index contributed by atoms with van der Waals surface area (Å²) < 4.78 is 5.17. The molecular weight excluding hydrogens is 272 g/mol. The van der Waals surface area contributed by atoms with E-state index in [0.29, 0.717) is 0 Å². The van der Waals surface area contributed by atoms with Crippen LogP contribution in [-0.4, -0.2) is 13.4 Å². The molecule has 0 bridgehead atoms. The van der Waals surface area contributed by atoms with Crippen LogP contribution in [0.3, 0.4) is 0 Å². The molecule has 0 unspecified atom stereocenters. The van der Waals surface area contributed by atoms with Gasteiger partial charge in [0.25, 0.3) is 0 Å². The van der Waals surface area contributed by atoms with E-state index in [9.17, 15) is 4.79 Å². The van der Waals surface area contributed by atoms with Gasteiger partial charge in [-0.25, -0.2) is 0 Å². The lowest BCUT2D eigenvalue weighted by atomic mass is 9.84. The Morgan fingerprint density at radius 2 is 1.64 bits per heavy atom. The molecule has 0 heterocycles. The van der Waals surface area contributed by atoms with Crippen molar-refractivity contribution in [1.82, 2.24) is 0 Å². The third kappa shape index (κ3) is 2.77. The first-order valence-corrected chi connectivity index (χ1v) is 7.11. The van der Waals surface area contributed by atoms with Crippen LogP contribution < -0.4 is 4.74 Å². The maximum atomic E-state index is 11.2. The van der Waals surface area contributed by atoms with E-state index in [2.05, 4.69) is 6.08 Å². The van der Waals surface area contributed by atoms with E-state index >= 15 is 0 Å². The normalized spacial score (nSPS) is 13.8. The zero-order valence-corrected chi connectivity index (χ0v) is 12.3. The van der Waals surface area contributed by atoms with Gasteiger partial charge in [0.2, 0.25) is 0 Å². The van der Waals surface area contributed by atoms with E-state index in [1.165, 1.54) is 0 Å². The monoisotopic (exact) mass is 288 g/mol. The molecule has 1 aliphatic carbocycles. The molecule has 0 N–H and O–H groups in total. The van der Waals surface area contributed by atoms with E-state index in [-0.39, 0.29) is 0 Å². The van der Waals surface area contributed by atoms with Gasteiger partial charge in [0, 0.05) is 5.57 Å². The number of hydrogen-bond acceptors (Lipinski definition) is 2. The van der Waals surface area contributed by atoms with Crippen molar-refractivity contribution in [3.63, 3.8) is 0 Å². The fraction of sp³-hybridized carbons (Fsp3) is 0.0500. The number of allylic oxidation sites excluding steroid dienone is 5. The molecule has 2 aromatic carbocycles. The van der Waals surface area contributed by atoms with E-state index in [1.54, 1.807) is 7.11 Å². The summed E-state index contributed by atoms with van der Waals surface area (Å²) in [6.07, 6.45) is 6.91. The molecule has 0 amide bonds. The van der Waals surface area contributed by atoms with Crippen molar-refractivity contribution in [3.8, 4) is 5.75 Å². The van der Waals surface area contributed by atoms with Crippen LogP contribution in [0.4, 0.5) is 0 Å². The minimum Gasteiger partial charge on any atom is -0.497 e. The summed E-state index contributed by atoms with van der Waals surface area (Å²) in [6, 6.07) is 17.9. The summed E-state index contributed by atoms with van der Waals surface area (Å²) in [5.41, 5.74) is 4.95. The summed E-state index contributed by atoms with van der Waals surface area (Å²) >= 11 is 0. The first-order chi connectivity index (χ1) is 10.8. The second-order valence-corrected chi connectivity index (χ2v) is 5.02. The number of carbonyl (C=O) groups is 1. The predicted octanol–water partition coefficient (Wildman–Crippen LogP) is 4.30. The van der Waals surface area contributed by atoms with Gasteiger partial charge in [-0.3, -0.25) is 4.79 Å². The average Bonchev–Trinajstić information content (AvgIpc) is 2.56. The largest absolute Gasteiger partial charge is 0.497 e. The van der Waals surface area contributed by atoms with Crippen molar-refractivity contribution in [1.29, 1.82) is 0 Å².